The quantitative estimate of drug-likeness (QED) is 0.876. The van der Waals surface area contributed by atoms with E-state index in [1.165, 1.54) is 0 Å². The lowest BCUT2D eigenvalue weighted by Crippen LogP contribution is -2.14. The first-order chi connectivity index (χ1) is 9.19. The van der Waals surface area contributed by atoms with Crippen LogP contribution >= 0.6 is 11.5 Å². The summed E-state index contributed by atoms with van der Waals surface area (Å²) in [6.07, 6.45) is 2.63. The molecule has 0 saturated carbocycles. The molecule has 19 heavy (non-hydrogen) atoms. The Labute approximate surface area is 115 Å². The number of hydrogen-bond donors (Lipinski definition) is 2. The minimum atomic E-state index is -0.281. The van der Waals surface area contributed by atoms with Crippen LogP contribution in [0.4, 0.5) is 10.8 Å². The maximum atomic E-state index is 12.0. The fourth-order valence-corrected chi connectivity index (χ4v) is 2.01. The van der Waals surface area contributed by atoms with Crippen LogP contribution in [0.1, 0.15) is 29.7 Å². The summed E-state index contributed by atoms with van der Waals surface area (Å²) in [6, 6.07) is 3.56. The summed E-state index contributed by atoms with van der Waals surface area (Å²) in [5.74, 6) is 0.364. The number of nitrogens with one attached hydrogen (secondary N) is 2. The molecule has 2 aromatic heterocycles. The second-order valence-corrected chi connectivity index (χ2v) is 4.71. The second-order valence-electron chi connectivity index (χ2n) is 3.96. The number of aryl methyl sites for hydroxylation is 1. The van der Waals surface area contributed by atoms with Gasteiger partial charge in [-0.1, -0.05) is 6.92 Å². The summed E-state index contributed by atoms with van der Waals surface area (Å²) in [5, 5.41) is 6.37. The largest absolute Gasteiger partial charge is 0.385 e. The van der Waals surface area contributed by atoms with Gasteiger partial charge in [-0.05, 0) is 25.5 Å². The molecule has 1 amide bonds. The van der Waals surface area contributed by atoms with Gasteiger partial charge in [0.25, 0.3) is 5.91 Å². The van der Waals surface area contributed by atoms with Crippen LogP contribution in [-0.2, 0) is 0 Å². The lowest BCUT2D eigenvalue weighted by atomic mass is 10.3. The Bertz CT molecular complexity index is 569. The van der Waals surface area contributed by atoms with E-state index in [-0.39, 0.29) is 5.91 Å². The third-order valence-electron chi connectivity index (χ3n) is 2.32. The van der Waals surface area contributed by atoms with Crippen molar-refractivity contribution in [1.82, 2.24) is 14.3 Å². The fourth-order valence-electron chi connectivity index (χ4n) is 1.44. The van der Waals surface area contributed by atoms with Gasteiger partial charge in [-0.25, -0.2) is 4.98 Å². The SMILES string of the molecule is CCCNc1ccnc(C(=O)Nc2nc(C)ns2)c1. The van der Waals surface area contributed by atoms with Crippen molar-refractivity contribution in [2.75, 3.05) is 17.2 Å². The first-order valence-corrected chi connectivity index (χ1v) is 6.78. The highest BCUT2D eigenvalue weighted by molar-refractivity contribution is 7.09. The molecule has 2 heterocycles. The van der Waals surface area contributed by atoms with Gasteiger partial charge in [0.1, 0.15) is 11.5 Å². The number of pyridine rings is 1. The third kappa shape index (κ3) is 3.72. The Morgan fingerprint density at radius 3 is 3.00 bits per heavy atom. The van der Waals surface area contributed by atoms with E-state index in [0.29, 0.717) is 16.6 Å². The van der Waals surface area contributed by atoms with Crippen LogP contribution < -0.4 is 10.6 Å². The molecule has 0 aliphatic rings. The van der Waals surface area contributed by atoms with Crippen LogP contribution in [0.3, 0.4) is 0 Å². The molecule has 0 fully saturated rings. The van der Waals surface area contributed by atoms with Crippen LogP contribution in [0.25, 0.3) is 0 Å². The molecule has 0 saturated heterocycles. The van der Waals surface area contributed by atoms with Gasteiger partial charge >= 0.3 is 0 Å². The molecule has 7 heteroatoms. The van der Waals surface area contributed by atoms with Gasteiger partial charge in [0.15, 0.2) is 0 Å². The summed E-state index contributed by atoms with van der Waals surface area (Å²) in [5.41, 5.74) is 1.24. The summed E-state index contributed by atoms with van der Waals surface area (Å²) in [7, 11) is 0. The Balaban J connectivity index is 2.06. The van der Waals surface area contributed by atoms with Crippen molar-refractivity contribution in [1.29, 1.82) is 0 Å². The number of anilines is 2. The average molecular weight is 277 g/mol. The zero-order valence-corrected chi connectivity index (χ0v) is 11.6. The molecule has 0 radical (unpaired) electrons. The van der Waals surface area contributed by atoms with Crippen LogP contribution in [0.15, 0.2) is 18.3 Å². The molecule has 0 aromatic carbocycles. The van der Waals surface area contributed by atoms with Gasteiger partial charge in [-0.3, -0.25) is 15.1 Å². The van der Waals surface area contributed by atoms with Crippen LogP contribution in [0.2, 0.25) is 0 Å². The lowest BCUT2D eigenvalue weighted by molar-refractivity contribution is 0.102. The van der Waals surface area contributed by atoms with E-state index in [1.54, 1.807) is 19.2 Å². The maximum Gasteiger partial charge on any atom is 0.276 e. The standard InChI is InChI=1S/C12H15N5OS/c1-3-5-13-9-4-6-14-10(7-9)11(18)16-12-15-8(2)17-19-12/h4,6-7H,3,5H2,1-2H3,(H,13,14)(H,15,16,17,18). The molecule has 0 unspecified atom stereocenters. The van der Waals surface area contributed by atoms with Gasteiger partial charge in [0.2, 0.25) is 5.13 Å². The zero-order chi connectivity index (χ0) is 13.7. The molecule has 0 aliphatic heterocycles. The summed E-state index contributed by atoms with van der Waals surface area (Å²) < 4.78 is 4.00. The lowest BCUT2D eigenvalue weighted by Gasteiger charge is -2.06. The number of nitrogens with zero attached hydrogens (tertiary/aromatic N) is 3. The molecule has 2 aromatic rings. The van der Waals surface area contributed by atoms with Crippen molar-refractivity contribution in [2.24, 2.45) is 0 Å². The molecule has 2 rings (SSSR count). The molecule has 6 nitrogen and oxygen atoms in total. The average Bonchev–Trinajstić information content (AvgIpc) is 2.82. The van der Waals surface area contributed by atoms with Crippen LogP contribution in [0, 0.1) is 6.92 Å². The number of aromatic nitrogens is 3. The number of amides is 1. The predicted molar refractivity (Wildman–Crippen MR) is 75.6 cm³/mol. The molecule has 0 bridgehead atoms. The molecule has 2 N–H and O–H groups in total. The number of carbonyl (C=O) groups is 1. The van der Waals surface area contributed by atoms with Crippen molar-refractivity contribution < 1.29 is 4.79 Å². The first kappa shape index (κ1) is 13.4. The molecule has 0 spiro atoms. The summed E-state index contributed by atoms with van der Waals surface area (Å²) in [4.78, 5) is 20.1. The Morgan fingerprint density at radius 2 is 2.32 bits per heavy atom. The van der Waals surface area contributed by atoms with Gasteiger partial charge in [-0.15, -0.1) is 0 Å². The van der Waals surface area contributed by atoms with Gasteiger partial charge in [-0.2, -0.15) is 4.37 Å². The molecule has 100 valence electrons. The Hall–Kier alpha value is -2.02. The minimum Gasteiger partial charge on any atom is -0.385 e. The summed E-state index contributed by atoms with van der Waals surface area (Å²) >= 11 is 1.15. The van der Waals surface area contributed by atoms with Crippen molar-refractivity contribution in [2.45, 2.75) is 20.3 Å². The van der Waals surface area contributed by atoms with Crippen molar-refractivity contribution in [3.8, 4) is 0 Å². The number of hydrogen-bond acceptors (Lipinski definition) is 6. The van der Waals surface area contributed by atoms with Gasteiger partial charge in [0.05, 0.1) is 0 Å². The highest BCUT2D eigenvalue weighted by Gasteiger charge is 2.10. The first-order valence-electron chi connectivity index (χ1n) is 6.00. The van der Waals surface area contributed by atoms with E-state index in [9.17, 15) is 4.79 Å². The zero-order valence-electron chi connectivity index (χ0n) is 10.8. The van der Waals surface area contributed by atoms with Crippen LogP contribution in [0.5, 0.6) is 0 Å². The topological polar surface area (TPSA) is 79.8 Å². The van der Waals surface area contributed by atoms with Gasteiger partial charge in [0, 0.05) is 30.0 Å². The number of rotatable bonds is 5. The normalized spacial score (nSPS) is 10.2. The van der Waals surface area contributed by atoms with Crippen molar-refractivity contribution in [3.05, 3.63) is 29.8 Å². The van der Waals surface area contributed by atoms with E-state index < -0.39 is 0 Å². The Kier molecular flexibility index (Phi) is 4.40. The fraction of sp³-hybridized carbons (Fsp3) is 0.333. The summed E-state index contributed by atoms with van der Waals surface area (Å²) in [6.45, 7) is 4.72. The predicted octanol–water partition coefficient (Wildman–Crippen LogP) is 2.32. The van der Waals surface area contributed by atoms with Crippen molar-refractivity contribution in [3.63, 3.8) is 0 Å². The highest BCUT2D eigenvalue weighted by Crippen LogP contribution is 2.13. The van der Waals surface area contributed by atoms with E-state index in [4.69, 9.17) is 0 Å². The molecular weight excluding hydrogens is 262 g/mol. The van der Waals surface area contributed by atoms with E-state index in [0.717, 1.165) is 30.2 Å². The van der Waals surface area contributed by atoms with Gasteiger partial charge < -0.3 is 5.32 Å². The smallest absolute Gasteiger partial charge is 0.276 e. The van der Waals surface area contributed by atoms with Crippen LogP contribution in [-0.4, -0.2) is 26.8 Å². The third-order valence-corrected chi connectivity index (χ3v) is 3.04. The van der Waals surface area contributed by atoms with Crippen molar-refractivity contribution >= 4 is 28.3 Å². The monoisotopic (exact) mass is 277 g/mol. The van der Waals surface area contributed by atoms with E-state index >= 15 is 0 Å². The van der Waals surface area contributed by atoms with E-state index in [2.05, 4.69) is 31.9 Å². The molecular formula is C12H15N5OS. The molecule has 0 aliphatic carbocycles. The minimum absolute atomic E-state index is 0.281. The molecule has 0 atom stereocenters. The number of carbonyl (C=O) groups excluding carboxylic acids is 1. The Morgan fingerprint density at radius 1 is 1.47 bits per heavy atom. The maximum absolute atomic E-state index is 12.0. The van der Waals surface area contributed by atoms with E-state index in [1.807, 2.05) is 6.07 Å². The highest BCUT2D eigenvalue weighted by atomic mass is 32.1. The second kappa shape index (κ2) is 6.24.